The van der Waals surface area contributed by atoms with Gasteiger partial charge in [0.25, 0.3) is 0 Å². The highest BCUT2D eigenvalue weighted by atomic mass is 35.5. The Labute approximate surface area is 194 Å². The van der Waals surface area contributed by atoms with Crippen molar-refractivity contribution in [2.45, 2.75) is 54.9 Å². The molecule has 2 bridgehead atoms. The third-order valence-electron chi connectivity index (χ3n) is 5.18. The molecular weight excluding hydrogens is 514 g/mol. The average molecular weight is 530 g/mol. The topological polar surface area (TPSA) is 97.8 Å². The summed E-state index contributed by atoms with van der Waals surface area (Å²) in [6, 6.07) is 1.98. The first-order chi connectivity index (χ1) is 15.4. The molecule has 1 N–H and O–H groups in total. The van der Waals surface area contributed by atoms with Crippen molar-refractivity contribution in [1.82, 2.24) is 10.3 Å². The lowest BCUT2D eigenvalue weighted by Gasteiger charge is -2.30. The number of alkyl halides is 3. The fourth-order valence-corrected chi connectivity index (χ4v) is 6.15. The van der Waals surface area contributed by atoms with E-state index in [0.29, 0.717) is 30.2 Å². The molecule has 0 aliphatic carbocycles. The number of sulfonamides is 1. The molecule has 0 saturated carbocycles. The first kappa shape index (κ1) is 24.0. The van der Waals surface area contributed by atoms with Gasteiger partial charge in [0.1, 0.15) is 22.6 Å². The maximum atomic E-state index is 14.9. The molecule has 1 aromatic carbocycles. The Morgan fingerprint density at radius 3 is 2.48 bits per heavy atom. The molecule has 33 heavy (non-hydrogen) atoms. The van der Waals surface area contributed by atoms with Crippen LogP contribution in [0.2, 0.25) is 5.02 Å². The summed E-state index contributed by atoms with van der Waals surface area (Å²) >= 11 is 6.68. The van der Waals surface area contributed by atoms with Gasteiger partial charge in [-0.25, -0.2) is 14.2 Å². The fraction of sp³-hybridized carbons (Fsp3) is 0.444. The van der Waals surface area contributed by atoms with Crippen molar-refractivity contribution in [2.24, 2.45) is 0 Å². The number of fused-ring (bicyclic) bond motifs is 2. The van der Waals surface area contributed by atoms with Crippen LogP contribution in [0.15, 0.2) is 28.6 Å². The quantitative estimate of drug-likeness (QED) is 0.449. The smallest absolute Gasteiger partial charge is 0.489 e. The molecule has 2 aromatic rings. The monoisotopic (exact) mass is 529 g/mol. The molecule has 180 valence electrons. The van der Waals surface area contributed by atoms with Gasteiger partial charge < -0.3 is 14.9 Å². The summed E-state index contributed by atoms with van der Waals surface area (Å²) in [5, 5.41) is 3.72. The van der Waals surface area contributed by atoms with Gasteiger partial charge in [-0.1, -0.05) is 16.1 Å². The van der Waals surface area contributed by atoms with E-state index in [0.717, 1.165) is 25.1 Å². The Hall–Kier alpha value is -2.16. The van der Waals surface area contributed by atoms with E-state index in [4.69, 9.17) is 16.3 Å². The molecule has 0 radical (unpaired) electrons. The molecular formula is C18H16ClF4N3O5S2. The zero-order chi connectivity index (χ0) is 24.0. The van der Waals surface area contributed by atoms with Crippen LogP contribution in [0.4, 0.5) is 22.7 Å². The van der Waals surface area contributed by atoms with Crippen molar-refractivity contribution >= 4 is 44.1 Å². The number of ether oxygens (including phenoxy) is 1. The van der Waals surface area contributed by atoms with E-state index in [9.17, 15) is 30.8 Å². The Morgan fingerprint density at radius 2 is 1.91 bits per heavy atom. The van der Waals surface area contributed by atoms with Crippen molar-refractivity contribution in [1.29, 1.82) is 0 Å². The Bertz CT molecular complexity index is 1130. The molecule has 3 atom stereocenters. The molecule has 3 heterocycles. The standard InChI is InChI=1S/C18H16ClF4N3O5S2/c19-12-7-15(13(20)8-14(12)30-11-5-9-1-2-10(6-11)25-9)33(28,29)26(17-24-3-4-32-17)31-16(27)18(21,22)23/h3-4,7-11,25H,1-2,5-6H2/t9-,10?,11?/m0/s1. The molecule has 15 heteroatoms. The van der Waals surface area contributed by atoms with E-state index in [1.165, 1.54) is 5.38 Å². The second-order valence-corrected chi connectivity index (χ2v) is 10.5. The molecule has 4 rings (SSSR count). The van der Waals surface area contributed by atoms with Crippen molar-refractivity contribution in [3.05, 3.63) is 34.5 Å². The highest BCUT2D eigenvalue weighted by Crippen LogP contribution is 2.37. The van der Waals surface area contributed by atoms with Gasteiger partial charge in [-0.15, -0.1) is 11.3 Å². The van der Waals surface area contributed by atoms with E-state index in [2.05, 4.69) is 15.1 Å². The number of benzene rings is 1. The zero-order valence-corrected chi connectivity index (χ0v) is 18.9. The summed E-state index contributed by atoms with van der Waals surface area (Å²) in [5.74, 6) is -4.28. The molecule has 0 spiro atoms. The second-order valence-electron chi connectivity index (χ2n) is 7.49. The summed E-state index contributed by atoms with van der Waals surface area (Å²) < 4.78 is 84.3. The highest BCUT2D eigenvalue weighted by Gasteiger charge is 2.46. The van der Waals surface area contributed by atoms with Gasteiger partial charge >= 0.3 is 22.2 Å². The van der Waals surface area contributed by atoms with Crippen LogP contribution in [0.1, 0.15) is 25.7 Å². The fourth-order valence-electron chi connectivity index (χ4n) is 3.79. The third-order valence-corrected chi connectivity index (χ3v) is 7.88. The Kier molecular flexibility index (Phi) is 6.46. The number of piperidine rings is 1. The average Bonchev–Trinajstić information content (AvgIpc) is 3.37. The molecule has 8 nitrogen and oxygen atoms in total. The van der Waals surface area contributed by atoms with E-state index >= 15 is 0 Å². The summed E-state index contributed by atoms with van der Waals surface area (Å²) in [6.07, 6.45) is -1.38. The van der Waals surface area contributed by atoms with Gasteiger partial charge in [-0.2, -0.15) is 21.6 Å². The number of carbonyl (C=O) groups excluding carboxylic acids is 1. The number of thiazole rings is 1. The van der Waals surface area contributed by atoms with Gasteiger partial charge in [-0.05, 0) is 31.7 Å². The molecule has 2 fully saturated rings. The number of hydrogen-bond donors (Lipinski definition) is 1. The molecule has 0 amide bonds. The van der Waals surface area contributed by atoms with Crippen LogP contribution in [0.3, 0.4) is 0 Å². The van der Waals surface area contributed by atoms with Crippen LogP contribution >= 0.6 is 22.9 Å². The normalized spacial score (nSPS) is 22.8. The number of hydrogen-bond acceptors (Lipinski definition) is 8. The SMILES string of the molecule is O=C(ON(c1nccs1)S(=O)(=O)c1cc(Cl)c(OC2CC3CC[C@@H](C2)N3)cc1F)C(F)(F)F. The number of nitrogens with zero attached hydrogens (tertiary/aromatic N) is 2. The lowest BCUT2D eigenvalue weighted by atomic mass is 10.0. The van der Waals surface area contributed by atoms with Crippen molar-refractivity contribution in [2.75, 3.05) is 4.47 Å². The largest absolute Gasteiger partial charge is 0.493 e. The van der Waals surface area contributed by atoms with Crippen LogP contribution in [0.25, 0.3) is 0 Å². The Morgan fingerprint density at radius 1 is 1.24 bits per heavy atom. The number of anilines is 1. The minimum absolute atomic E-state index is 0.104. The molecule has 1 aromatic heterocycles. The number of rotatable bonds is 6. The van der Waals surface area contributed by atoms with Crippen LogP contribution in [0, 0.1) is 5.82 Å². The summed E-state index contributed by atoms with van der Waals surface area (Å²) in [4.78, 5) is 17.8. The maximum absolute atomic E-state index is 14.9. The van der Waals surface area contributed by atoms with E-state index in [1.54, 1.807) is 0 Å². The van der Waals surface area contributed by atoms with Crippen LogP contribution in [-0.4, -0.2) is 43.7 Å². The third kappa shape index (κ3) is 5.03. The predicted octanol–water partition coefficient (Wildman–Crippen LogP) is 3.81. The minimum atomic E-state index is -5.51. The molecule has 2 unspecified atom stereocenters. The number of halogens is 5. The van der Waals surface area contributed by atoms with Gasteiger partial charge in [0, 0.05) is 29.7 Å². The van der Waals surface area contributed by atoms with Gasteiger partial charge in [0.05, 0.1) is 5.02 Å². The predicted molar refractivity (Wildman–Crippen MR) is 109 cm³/mol. The van der Waals surface area contributed by atoms with Crippen molar-refractivity contribution in [3.8, 4) is 5.75 Å². The van der Waals surface area contributed by atoms with Crippen molar-refractivity contribution < 1.29 is 40.3 Å². The Balaban J connectivity index is 1.63. The zero-order valence-electron chi connectivity index (χ0n) is 16.5. The minimum Gasteiger partial charge on any atom is -0.489 e. The first-order valence-corrected chi connectivity index (χ1v) is 12.3. The number of carbonyl (C=O) groups is 1. The van der Waals surface area contributed by atoms with Crippen molar-refractivity contribution in [3.63, 3.8) is 0 Å². The summed E-state index contributed by atoms with van der Waals surface area (Å²) in [6.45, 7) is 0. The lowest BCUT2D eigenvalue weighted by molar-refractivity contribution is -0.199. The van der Waals surface area contributed by atoms with Gasteiger partial charge in [0.15, 0.2) is 0 Å². The molecule has 2 aliphatic rings. The number of nitrogens with one attached hydrogen (secondary N) is 1. The van der Waals surface area contributed by atoms with E-state index in [1.807, 2.05) is 0 Å². The molecule has 2 aliphatic heterocycles. The van der Waals surface area contributed by atoms with E-state index in [-0.39, 0.29) is 33.4 Å². The van der Waals surface area contributed by atoms with Crippen LogP contribution in [-0.2, 0) is 19.7 Å². The van der Waals surface area contributed by atoms with Crippen LogP contribution in [0.5, 0.6) is 5.75 Å². The van der Waals surface area contributed by atoms with Gasteiger partial charge in [0.2, 0.25) is 5.13 Å². The first-order valence-electron chi connectivity index (χ1n) is 9.61. The van der Waals surface area contributed by atoms with Crippen LogP contribution < -0.4 is 14.5 Å². The highest BCUT2D eigenvalue weighted by molar-refractivity contribution is 7.92. The van der Waals surface area contributed by atoms with E-state index < -0.39 is 38.0 Å². The lowest BCUT2D eigenvalue weighted by Crippen LogP contribution is -2.42. The van der Waals surface area contributed by atoms with Gasteiger partial charge in [-0.3, -0.25) is 0 Å². The maximum Gasteiger partial charge on any atom is 0.493 e. The second kappa shape index (κ2) is 8.89. The molecule has 2 saturated heterocycles. The number of aromatic nitrogens is 1. The summed E-state index contributed by atoms with van der Waals surface area (Å²) in [5.41, 5.74) is 0. The summed E-state index contributed by atoms with van der Waals surface area (Å²) in [7, 11) is -5.18.